The Hall–Kier alpha value is -0.450. The molecule has 0 aromatic rings. The molecule has 0 bridgehead atoms. The molecule has 0 aromatic carbocycles. The highest BCUT2D eigenvalue weighted by molar-refractivity contribution is 5.81. The number of ether oxygens (including phenoxy) is 3. The summed E-state index contributed by atoms with van der Waals surface area (Å²) in [6, 6.07) is 0. The van der Waals surface area contributed by atoms with Gasteiger partial charge in [0.05, 0.1) is 6.61 Å². The first-order chi connectivity index (χ1) is 15.2. The fourth-order valence-corrected chi connectivity index (χ4v) is 4.23. The van der Waals surface area contributed by atoms with Gasteiger partial charge in [-0.15, -0.1) is 0 Å². The summed E-state index contributed by atoms with van der Waals surface area (Å²) < 4.78 is 17.5. The highest BCUT2D eigenvalue weighted by Gasteiger charge is 2.37. The summed E-state index contributed by atoms with van der Waals surface area (Å²) in [5.74, 6) is -0.973. The van der Waals surface area contributed by atoms with Crippen molar-refractivity contribution in [3.8, 4) is 0 Å². The summed E-state index contributed by atoms with van der Waals surface area (Å²) in [5, 5.41) is 0. The van der Waals surface area contributed by atoms with Crippen LogP contribution in [0.1, 0.15) is 142 Å². The molecule has 0 saturated carbocycles. The van der Waals surface area contributed by atoms with Crippen LogP contribution in [-0.2, 0) is 19.0 Å². The van der Waals surface area contributed by atoms with E-state index in [0.29, 0.717) is 6.61 Å². The lowest BCUT2D eigenvalue weighted by atomic mass is 10.0. The largest absolute Gasteiger partial charge is 0.327 e. The van der Waals surface area contributed by atoms with Crippen molar-refractivity contribution in [3.05, 3.63) is 0 Å². The molecule has 184 valence electrons. The number of Topliss-reactive ketones (excluding diaryl/α,β-unsaturated/α-hetero) is 1. The van der Waals surface area contributed by atoms with Crippen LogP contribution in [0.3, 0.4) is 0 Å². The van der Waals surface area contributed by atoms with E-state index < -0.39 is 5.97 Å². The lowest BCUT2D eigenvalue weighted by molar-refractivity contribution is -0.389. The molecule has 4 heteroatoms. The van der Waals surface area contributed by atoms with Crippen LogP contribution in [0, 0.1) is 0 Å². The van der Waals surface area contributed by atoms with E-state index >= 15 is 0 Å². The fraction of sp³-hybridized carbons (Fsp3) is 0.963. The van der Waals surface area contributed by atoms with Crippen molar-refractivity contribution < 1.29 is 19.0 Å². The molecule has 1 aliphatic heterocycles. The van der Waals surface area contributed by atoms with Crippen molar-refractivity contribution in [1.82, 2.24) is 0 Å². The molecule has 1 aliphatic rings. The molecule has 0 unspecified atom stereocenters. The van der Waals surface area contributed by atoms with E-state index in [1.54, 1.807) is 0 Å². The predicted octanol–water partition coefficient (Wildman–Crippen LogP) is 8.11. The Morgan fingerprint density at radius 2 is 1.00 bits per heavy atom. The van der Waals surface area contributed by atoms with Crippen molar-refractivity contribution in [2.75, 3.05) is 19.8 Å². The van der Waals surface area contributed by atoms with Gasteiger partial charge >= 0.3 is 0 Å². The number of ketones is 1. The fourth-order valence-electron chi connectivity index (χ4n) is 4.23. The summed E-state index contributed by atoms with van der Waals surface area (Å²) in [6.45, 7) is 5.41. The Labute approximate surface area is 193 Å². The van der Waals surface area contributed by atoms with Crippen LogP contribution in [0.5, 0.6) is 0 Å². The number of hydrogen-bond donors (Lipinski definition) is 0. The zero-order valence-corrected chi connectivity index (χ0v) is 20.9. The van der Waals surface area contributed by atoms with Crippen molar-refractivity contribution in [3.63, 3.8) is 0 Å². The van der Waals surface area contributed by atoms with Crippen LogP contribution < -0.4 is 0 Å². The average Bonchev–Trinajstić information content (AvgIpc) is 2.78. The molecule has 4 nitrogen and oxygen atoms in total. The van der Waals surface area contributed by atoms with Gasteiger partial charge in [0.15, 0.2) is 5.78 Å². The minimum atomic E-state index is -0.977. The second kappa shape index (κ2) is 20.2. The minimum absolute atomic E-state index is 0.00385. The van der Waals surface area contributed by atoms with E-state index in [2.05, 4.69) is 13.8 Å². The highest BCUT2D eigenvalue weighted by Crippen LogP contribution is 2.27. The van der Waals surface area contributed by atoms with Crippen LogP contribution in [0.25, 0.3) is 0 Å². The number of carbonyl (C=O) groups is 1. The smallest absolute Gasteiger partial charge is 0.283 e. The Morgan fingerprint density at radius 1 is 0.613 bits per heavy atom. The van der Waals surface area contributed by atoms with Gasteiger partial charge in [0.2, 0.25) is 0 Å². The van der Waals surface area contributed by atoms with Crippen LogP contribution in [-0.4, -0.2) is 31.6 Å². The Balaban J connectivity index is 2.05. The SMILES string of the molecule is CCCCCCCCCCCCCCCC1(OCCCCCCCC)OCC(=O)CO1. The molecule has 0 amide bonds. The first-order valence-electron chi connectivity index (χ1n) is 13.7. The standard InChI is InChI=1S/C27H52O4/c1-3-5-7-9-11-12-13-14-15-16-17-18-20-22-27(30-24-26(28)25-31-27)29-23-21-19-10-8-6-4-2/h3-25H2,1-2H3. The number of rotatable bonds is 22. The third kappa shape index (κ3) is 15.9. The summed E-state index contributed by atoms with van der Waals surface area (Å²) in [5.41, 5.74) is 0. The van der Waals surface area contributed by atoms with Gasteiger partial charge in [-0.25, -0.2) is 0 Å². The van der Waals surface area contributed by atoms with Gasteiger partial charge in [-0.3, -0.25) is 4.79 Å². The lowest BCUT2D eigenvalue weighted by Crippen LogP contribution is -2.47. The number of hydrogen-bond acceptors (Lipinski definition) is 4. The predicted molar refractivity (Wildman–Crippen MR) is 129 cm³/mol. The van der Waals surface area contributed by atoms with E-state index in [0.717, 1.165) is 19.3 Å². The maximum atomic E-state index is 11.5. The molecule has 1 heterocycles. The van der Waals surface area contributed by atoms with E-state index in [1.165, 1.54) is 109 Å². The van der Waals surface area contributed by atoms with Gasteiger partial charge in [-0.05, 0) is 12.8 Å². The molecule has 0 radical (unpaired) electrons. The number of unbranched alkanes of at least 4 members (excludes halogenated alkanes) is 17. The molecular formula is C27H52O4. The summed E-state index contributed by atoms with van der Waals surface area (Å²) >= 11 is 0. The Morgan fingerprint density at radius 3 is 1.45 bits per heavy atom. The van der Waals surface area contributed by atoms with Gasteiger partial charge in [-0.1, -0.05) is 123 Å². The van der Waals surface area contributed by atoms with E-state index in [-0.39, 0.29) is 19.0 Å². The van der Waals surface area contributed by atoms with Crippen LogP contribution >= 0.6 is 0 Å². The van der Waals surface area contributed by atoms with Crippen LogP contribution in [0.2, 0.25) is 0 Å². The molecular weight excluding hydrogens is 388 g/mol. The minimum Gasteiger partial charge on any atom is -0.327 e. The maximum absolute atomic E-state index is 11.5. The first kappa shape index (κ1) is 28.6. The van der Waals surface area contributed by atoms with Gasteiger partial charge < -0.3 is 14.2 Å². The van der Waals surface area contributed by atoms with E-state index in [9.17, 15) is 4.79 Å². The van der Waals surface area contributed by atoms with E-state index in [1.807, 2.05) is 0 Å². The molecule has 0 aliphatic carbocycles. The van der Waals surface area contributed by atoms with Crippen molar-refractivity contribution in [2.24, 2.45) is 0 Å². The molecule has 1 fully saturated rings. The highest BCUT2D eigenvalue weighted by atomic mass is 16.9. The van der Waals surface area contributed by atoms with Gasteiger partial charge in [0.1, 0.15) is 13.2 Å². The van der Waals surface area contributed by atoms with Gasteiger partial charge in [0.25, 0.3) is 5.97 Å². The van der Waals surface area contributed by atoms with Crippen LogP contribution in [0.15, 0.2) is 0 Å². The lowest BCUT2D eigenvalue weighted by Gasteiger charge is -2.36. The topological polar surface area (TPSA) is 44.8 Å². The van der Waals surface area contributed by atoms with Gasteiger partial charge in [0, 0.05) is 6.42 Å². The molecule has 0 spiro atoms. The summed E-state index contributed by atoms with van der Waals surface area (Å²) in [7, 11) is 0. The molecule has 0 N–H and O–H groups in total. The van der Waals surface area contributed by atoms with Crippen molar-refractivity contribution in [2.45, 2.75) is 148 Å². The monoisotopic (exact) mass is 440 g/mol. The molecule has 31 heavy (non-hydrogen) atoms. The second-order valence-electron chi connectivity index (χ2n) is 9.41. The number of carbonyl (C=O) groups excluding carboxylic acids is 1. The van der Waals surface area contributed by atoms with Crippen molar-refractivity contribution >= 4 is 5.78 Å². The van der Waals surface area contributed by atoms with E-state index in [4.69, 9.17) is 14.2 Å². The average molecular weight is 441 g/mol. The van der Waals surface area contributed by atoms with Crippen molar-refractivity contribution in [1.29, 1.82) is 0 Å². The normalized spacial score (nSPS) is 16.1. The zero-order chi connectivity index (χ0) is 22.5. The molecule has 0 atom stereocenters. The first-order valence-corrected chi connectivity index (χ1v) is 13.7. The summed E-state index contributed by atoms with van der Waals surface area (Å²) in [6.07, 6.45) is 25.5. The van der Waals surface area contributed by atoms with Gasteiger partial charge in [-0.2, -0.15) is 0 Å². The maximum Gasteiger partial charge on any atom is 0.283 e. The molecule has 1 saturated heterocycles. The quantitative estimate of drug-likeness (QED) is 0.159. The Kier molecular flexibility index (Phi) is 18.6. The van der Waals surface area contributed by atoms with Crippen LogP contribution in [0.4, 0.5) is 0 Å². The summed E-state index contributed by atoms with van der Waals surface area (Å²) in [4.78, 5) is 11.5. The third-order valence-electron chi connectivity index (χ3n) is 6.31. The molecule has 0 aromatic heterocycles. The third-order valence-corrected chi connectivity index (χ3v) is 6.31. The second-order valence-corrected chi connectivity index (χ2v) is 9.41. The Bertz CT molecular complexity index is 400. The molecule has 1 rings (SSSR count). The zero-order valence-electron chi connectivity index (χ0n) is 20.9.